The number of aliphatic hydroxyl groups excluding tert-OH is 1. The molecule has 2 aromatic rings. The summed E-state index contributed by atoms with van der Waals surface area (Å²) in [5.41, 5.74) is 1.99. The maximum absolute atomic E-state index is 10.1. The van der Waals surface area contributed by atoms with Gasteiger partial charge in [0, 0.05) is 16.3 Å². The van der Waals surface area contributed by atoms with Crippen LogP contribution < -0.4 is 0 Å². The van der Waals surface area contributed by atoms with Crippen LogP contribution >= 0.6 is 22.9 Å². The first-order valence-electron chi connectivity index (χ1n) is 5.13. The molecule has 0 saturated carbocycles. The minimum Gasteiger partial charge on any atom is -0.388 e. The lowest BCUT2D eigenvalue weighted by atomic mass is 10.0. The number of rotatable bonds is 3. The molecule has 0 bridgehead atoms. The highest BCUT2D eigenvalue weighted by atomic mass is 35.5. The zero-order chi connectivity index (χ0) is 11.5. The largest absolute Gasteiger partial charge is 0.388 e. The van der Waals surface area contributed by atoms with Gasteiger partial charge in [0.15, 0.2) is 0 Å². The van der Waals surface area contributed by atoms with Gasteiger partial charge in [0.25, 0.3) is 0 Å². The van der Waals surface area contributed by atoms with Gasteiger partial charge in [-0.2, -0.15) is 0 Å². The lowest BCUT2D eigenvalue weighted by Crippen LogP contribution is -2.02. The van der Waals surface area contributed by atoms with E-state index in [1.54, 1.807) is 11.3 Å². The fourth-order valence-electron chi connectivity index (χ4n) is 1.74. The molecule has 0 aliphatic rings. The second-order valence-electron chi connectivity index (χ2n) is 3.80. The van der Waals surface area contributed by atoms with Gasteiger partial charge >= 0.3 is 0 Å². The minimum atomic E-state index is -0.448. The third-order valence-electron chi connectivity index (χ3n) is 2.57. The van der Waals surface area contributed by atoms with E-state index >= 15 is 0 Å². The molecule has 0 saturated heterocycles. The van der Waals surface area contributed by atoms with Gasteiger partial charge in [-0.3, -0.25) is 0 Å². The fraction of sp³-hybridized carbons (Fsp3) is 0.231. The Hall–Kier alpha value is -0.830. The molecular weight excluding hydrogens is 240 g/mol. The predicted molar refractivity (Wildman–Crippen MR) is 69.2 cm³/mol. The van der Waals surface area contributed by atoms with Crippen LogP contribution in [0.25, 0.3) is 0 Å². The van der Waals surface area contributed by atoms with E-state index in [-0.39, 0.29) is 0 Å². The predicted octanol–water partition coefficient (Wildman–Crippen LogP) is 3.99. The van der Waals surface area contributed by atoms with Gasteiger partial charge in [0.2, 0.25) is 0 Å². The minimum absolute atomic E-state index is 0.448. The summed E-state index contributed by atoms with van der Waals surface area (Å²) in [5.74, 6) is 0. The molecule has 0 aliphatic heterocycles. The van der Waals surface area contributed by atoms with Crippen molar-refractivity contribution in [1.82, 2.24) is 0 Å². The number of hydrogen-bond acceptors (Lipinski definition) is 2. The van der Waals surface area contributed by atoms with Crippen molar-refractivity contribution < 1.29 is 5.11 Å². The molecule has 0 fully saturated rings. The summed E-state index contributed by atoms with van der Waals surface area (Å²) < 4.78 is 0. The van der Waals surface area contributed by atoms with Gasteiger partial charge in [-0.1, -0.05) is 23.7 Å². The average Bonchev–Trinajstić information content (AvgIpc) is 2.70. The highest BCUT2D eigenvalue weighted by Crippen LogP contribution is 2.25. The van der Waals surface area contributed by atoms with Crippen LogP contribution in [0, 0.1) is 6.92 Å². The Kier molecular flexibility index (Phi) is 3.64. The van der Waals surface area contributed by atoms with Gasteiger partial charge in [0.05, 0.1) is 6.10 Å². The van der Waals surface area contributed by atoms with Gasteiger partial charge < -0.3 is 5.11 Å². The topological polar surface area (TPSA) is 20.2 Å². The molecule has 1 unspecified atom stereocenters. The second-order valence-corrected chi connectivity index (χ2v) is 5.27. The van der Waals surface area contributed by atoms with E-state index in [4.69, 9.17) is 11.6 Å². The summed E-state index contributed by atoms with van der Waals surface area (Å²) in [4.78, 5) is 1.20. The highest BCUT2D eigenvalue weighted by Gasteiger charge is 2.11. The summed E-state index contributed by atoms with van der Waals surface area (Å²) in [7, 11) is 0. The van der Waals surface area contributed by atoms with Crippen molar-refractivity contribution in [2.24, 2.45) is 0 Å². The summed E-state index contributed by atoms with van der Waals surface area (Å²) >= 11 is 7.55. The Morgan fingerprint density at radius 1 is 1.38 bits per heavy atom. The number of benzene rings is 1. The zero-order valence-electron chi connectivity index (χ0n) is 8.98. The molecule has 1 nitrogen and oxygen atoms in total. The van der Waals surface area contributed by atoms with Crippen LogP contribution in [0.3, 0.4) is 0 Å². The van der Waals surface area contributed by atoms with Crippen LogP contribution in [0.2, 0.25) is 5.02 Å². The van der Waals surface area contributed by atoms with Gasteiger partial charge in [-0.15, -0.1) is 11.3 Å². The molecule has 16 heavy (non-hydrogen) atoms. The number of aryl methyl sites for hydroxylation is 1. The number of halogens is 1. The smallest absolute Gasteiger partial charge is 0.0840 e. The van der Waals surface area contributed by atoms with Crippen LogP contribution in [0.5, 0.6) is 0 Å². The van der Waals surface area contributed by atoms with Crippen LogP contribution in [0.1, 0.15) is 22.1 Å². The van der Waals surface area contributed by atoms with E-state index in [0.717, 1.165) is 11.1 Å². The Balaban J connectivity index is 2.17. The van der Waals surface area contributed by atoms with Crippen molar-refractivity contribution in [3.8, 4) is 0 Å². The van der Waals surface area contributed by atoms with E-state index in [1.165, 1.54) is 4.88 Å². The highest BCUT2D eigenvalue weighted by molar-refractivity contribution is 7.09. The third-order valence-corrected chi connectivity index (χ3v) is 3.70. The summed E-state index contributed by atoms with van der Waals surface area (Å²) in [6.07, 6.45) is 0.219. The monoisotopic (exact) mass is 252 g/mol. The maximum Gasteiger partial charge on any atom is 0.0840 e. The molecule has 0 amide bonds. The van der Waals surface area contributed by atoms with Crippen molar-refractivity contribution in [2.75, 3.05) is 0 Å². The molecule has 2 rings (SSSR count). The zero-order valence-corrected chi connectivity index (χ0v) is 10.6. The molecule has 0 radical (unpaired) electrons. The fourth-order valence-corrected chi connectivity index (χ4v) is 2.71. The molecule has 84 valence electrons. The Labute approximate surface area is 104 Å². The molecule has 1 heterocycles. The lowest BCUT2D eigenvalue weighted by Gasteiger charge is -2.13. The molecule has 1 aromatic carbocycles. The lowest BCUT2D eigenvalue weighted by molar-refractivity contribution is 0.178. The number of hydrogen-bond donors (Lipinski definition) is 1. The second kappa shape index (κ2) is 5.00. The van der Waals surface area contributed by atoms with Crippen molar-refractivity contribution in [3.05, 3.63) is 56.7 Å². The first-order chi connectivity index (χ1) is 7.66. The van der Waals surface area contributed by atoms with Crippen LogP contribution in [-0.4, -0.2) is 5.11 Å². The van der Waals surface area contributed by atoms with E-state index in [2.05, 4.69) is 0 Å². The van der Waals surface area contributed by atoms with Gasteiger partial charge in [-0.05, 0) is 41.6 Å². The van der Waals surface area contributed by atoms with E-state index in [9.17, 15) is 5.11 Å². The average molecular weight is 253 g/mol. The molecule has 1 atom stereocenters. The van der Waals surface area contributed by atoms with E-state index in [1.807, 2.05) is 42.6 Å². The van der Waals surface area contributed by atoms with Crippen molar-refractivity contribution in [1.29, 1.82) is 0 Å². The van der Waals surface area contributed by atoms with Crippen molar-refractivity contribution >= 4 is 22.9 Å². The number of thiophene rings is 1. The first kappa shape index (κ1) is 11.6. The van der Waals surface area contributed by atoms with Gasteiger partial charge in [0.1, 0.15) is 0 Å². The molecule has 1 aromatic heterocycles. The summed E-state index contributed by atoms with van der Waals surface area (Å²) in [5, 5.41) is 12.9. The summed E-state index contributed by atoms with van der Waals surface area (Å²) in [6.45, 7) is 1.97. The van der Waals surface area contributed by atoms with Crippen LogP contribution in [-0.2, 0) is 6.42 Å². The van der Waals surface area contributed by atoms with Gasteiger partial charge in [-0.25, -0.2) is 0 Å². The van der Waals surface area contributed by atoms with E-state index < -0.39 is 6.10 Å². The summed E-state index contributed by atoms with van der Waals surface area (Å²) in [6, 6.07) is 9.65. The first-order valence-corrected chi connectivity index (χ1v) is 6.39. The van der Waals surface area contributed by atoms with Crippen LogP contribution in [0.15, 0.2) is 35.7 Å². The molecule has 1 N–H and O–H groups in total. The molecular formula is C13H13ClOS. The number of aliphatic hydroxyl groups is 1. The maximum atomic E-state index is 10.1. The van der Waals surface area contributed by atoms with Crippen molar-refractivity contribution in [3.63, 3.8) is 0 Å². The third kappa shape index (κ3) is 2.64. The van der Waals surface area contributed by atoms with E-state index in [0.29, 0.717) is 11.4 Å². The van der Waals surface area contributed by atoms with Crippen LogP contribution in [0.4, 0.5) is 0 Å². The van der Waals surface area contributed by atoms with Crippen molar-refractivity contribution in [2.45, 2.75) is 19.4 Å². The molecule has 0 spiro atoms. The normalized spacial score (nSPS) is 12.7. The standard InChI is InChI=1S/C13H13ClOS/c1-9-7-10(14)4-5-12(9)13(15)8-11-3-2-6-16-11/h2-7,13,15H,8H2,1H3. The molecule has 3 heteroatoms. The molecule has 0 aliphatic carbocycles. The Morgan fingerprint density at radius 2 is 2.19 bits per heavy atom. The Morgan fingerprint density at radius 3 is 2.81 bits per heavy atom. The Bertz CT molecular complexity index is 465. The SMILES string of the molecule is Cc1cc(Cl)ccc1C(O)Cc1cccs1. The quantitative estimate of drug-likeness (QED) is 0.876.